The lowest BCUT2D eigenvalue weighted by molar-refractivity contribution is -0.136. The minimum Gasteiger partial charge on any atom is -0.339 e. The monoisotopic (exact) mass is 227 g/mol. The molecule has 0 aliphatic carbocycles. The molecule has 1 heterocycles. The molecule has 0 aromatic heterocycles. The molecule has 1 rings (SSSR count). The highest BCUT2D eigenvalue weighted by molar-refractivity contribution is 5.82. The average molecular weight is 227 g/mol. The van der Waals surface area contributed by atoms with Gasteiger partial charge in [-0.15, -0.1) is 0 Å². The molecular formula is C12H25N3O. The standard InChI is InChI=1S/C12H25N3O/c1-5-14-6-8-15(9-7-14)11(16)10(13)12(2,3)4/h10H,5-9,13H2,1-4H3/t10-/m1/s1. The van der Waals surface area contributed by atoms with Gasteiger partial charge in [0.15, 0.2) is 0 Å². The maximum atomic E-state index is 12.1. The topological polar surface area (TPSA) is 49.6 Å². The van der Waals surface area contributed by atoms with Crippen LogP contribution in [0.3, 0.4) is 0 Å². The lowest BCUT2D eigenvalue weighted by Crippen LogP contribution is -2.56. The van der Waals surface area contributed by atoms with Gasteiger partial charge in [-0.1, -0.05) is 27.7 Å². The van der Waals surface area contributed by atoms with Crippen molar-refractivity contribution >= 4 is 5.91 Å². The van der Waals surface area contributed by atoms with E-state index in [0.717, 1.165) is 32.7 Å². The maximum absolute atomic E-state index is 12.1. The second-order valence-corrected chi connectivity index (χ2v) is 5.60. The summed E-state index contributed by atoms with van der Waals surface area (Å²) in [5.41, 5.74) is 5.83. The Morgan fingerprint density at radius 3 is 2.12 bits per heavy atom. The average Bonchev–Trinajstić information content (AvgIpc) is 2.26. The van der Waals surface area contributed by atoms with E-state index in [4.69, 9.17) is 5.73 Å². The van der Waals surface area contributed by atoms with Crippen LogP contribution in [0, 0.1) is 5.41 Å². The normalized spacial score (nSPS) is 20.9. The molecule has 1 amide bonds. The molecule has 4 nitrogen and oxygen atoms in total. The summed E-state index contributed by atoms with van der Waals surface area (Å²) >= 11 is 0. The highest BCUT2D eigenvalue weighted by Crippen LogP contribution is 2.19. The highest BCUT2D eigenvalue weighted by atomic mass is 16.2. The number of hydrogen-bond acceptors (Lipinski definition) is 3. The third-order valence-electron chi connectivity index (χ3n) is 3.33. The first kappa shape index (κ1) is 13.5. The first-order valence-corrected chi connectivity index (χ1v) is 6.13. The molecule has 94 valence electrons. The van der Waals surface area contributed by atoms with E-state index in [-0.39, 0.29) is 17.4 Å². The Balaban J connectivity index is 2.51. The van der Waals surface area contributed by atoms with Gasteiger partial charge < -0.3 is 15.5 Å². The van der Waals surface area contributed by atoms with Crippen molar-refractivity contribution in [3.05, 3.63) is 0 Å². The number of piperazine rings is 1. The Bertz CT molecular complexity index is 239. The van der Waals surface area contributed by atoms with E-state index in [1.165, 1.54) is 0 Å². The Kier molecular flexibility index (Phi) is 4.33. The van der Waals surface area contributed by atoms with Crippen molar-refractivity contribution in [2.24, 2.45) is 11.1 Å². The van der Waals surface area contributed by atoms with Gasteiger partial charge in [-0.05, 0) is 12.0 Å². The molecule has 0 aromatic rings. The number of carbonyl (C=O) groups excluding carboxylic acids is 1. The van der Waals surface area contributed by atoms with Crippen molar-refractivity contribution in [2.45, 2.75) is 33.7 Å². The molecule has 0 aromatic carbocycles. The van der Waals surface area contributed by atoms with Crippen LogP contribution in [-0.2, 0) is 4.79 Å². The van der Waals surface area contributed by atoms with Gasteiger partial charge in [0, 0.05) is 26.2 Å². The van der Waals surface area contributed by atoms with Crippen LogP contribution in [0.5, 0.6) is 0 Å². The Morgan fingerprint density at radius 2 is 1.75 bits per heavy atom. The fourth-order valence-electron chi connectivity index (χ4n) is 1.85. The zero-order chi connectivity index (χ0) is 12.3. The predicted octanol–water partition coefficient (Wildman–Crippen LogP) is 0.524. The van der Waals surface area contributed by atoms with Gasteiger partial charge in [0.1, 0.15) is 0 Å². The summed E-state index contributed by atoms with van der Waals surface area (Å²) in [5, 5.41) is 0. The lowest BCUT2D eigenvalue weighted by atomic mass is 9.86. The minimum atomic E-state index is -0.388. The fourth-order valence-corrected chi connectivity index (χ4v) is 1.85. The van der Waals surface area contributed by atoms with E-state index in [9.17, 15) is 4.79 Å². The molecular weight excluding hydrogens is 202 g/mol. The van der Waals surface area contributed by atoms with Gasteiger partial charge in [-0.2, -0.15) is 0 Å². The van der Waals surface area contributed by atoms with Crippen LogP contribution >= 0.6 is 0 Å². The fraction of sp³-hybridized carbons (Fsp3) is 0.917. The molecule has 0 saturated carbocycles. The van der Waals surface area contributed by atoms with Gasteiger partial charge >= 0.3 is 0 Å². The first-order valence-electron chi connectivity index (χ1n) is 6.13. The SMILES string of the molecule is CCN1CCN(C(=O)[C@@H](N)C(C)(C)C)CC1. The van der Waals surface area contributed by atoms with Crippen LogP contribution in [-0.4, -0.2) is 54.5 Å². The number of nitrogens with zero attached hydrogens (tertiary/aromatic N) is 2. The van der Waals surface area contributed by atoms with Crippen molar-refractivity contribution in [1.29, 1.82) is 0 Å². The van der Waals surface area contributed by atoms with Crippen LogP contribution in [0.1, 0.15) is 27.7 Å². The number of carbonyl (C=O) groups is 1. The molecule has 0 radical (unpaired) electrons. The van der Waals surface area contributed by atoms with Crippen molar-refractivity contribution in [3.8, 4) is 0 Å². The molecule has 0 unspecified atom stereocenters. The third kappa shape index (κ3) is 3.19. The van der Waals surface area contributed by atoms with Gasteiger partial charge in [0.2, 0.25) is 5.91 Å². The van der Waals surface area contributed by atoms with Gasteiger partial charge in [-0.25, -0.2) is 0 Å². The van der Waals surface area contributed by atoms with Crippen molar-refractivity contribution < 1.29 is 4.79 Å². The smallest absolute Gasteiger partial charge is 0.240 e. The van der Waals surface area contributed by atoms with Gasteiger partial charge in [-0.3, -0.25) is 4.79 Å². The summed E-state index contributed by atoms with van der Waals surface area (Å²) in [5.74, 6) is 0.100. The summed E-state index contributed by atoms with van der Waals surface area (Å²) in [4.78, 5) is 16.4. The predicted molar refractivity (Wildman–Crippen MR) is 66.1 cm³/mol. The summed E-state index contributed by atoms with van der Waals surface area (Å²) in [6, 6.07) is -0.388. The summed E-state index contributed by atoms with van der Waals surface area (Å²) in [7, 11) is 0. The lowest BCUT2D eigenvalue weighted by Gasteiger charge is -2.37. The van der Waals surface area contributed by atoms with E-state index in [1.807, 2.05) is 25.7 Å². The molecule has 0 bridgehead atoms. The molecule has 16 heavy (non-hydrogen) atoms. The van der Waals surface area contributed by atoms with E-state index < -0.39 is 0 Å². The van der Waals surface area contributed by atoms with Crippen LogP contribution in [0.25, 0.3) is 0 Å². The quantitative estimate of drug-likeness (QED) is 0.748. The number of amides is 1. The Morgan fingerprint density at radius 1 is 1.25 bits per heavy atom. The zero-order valence-corrected chi connectivity index (χ0v) is 11.0. The number of likely N-dealkylation sites (N-methyl/N-ethyl adjacent to an activating group) is 1. The van der Waals surface area contributed by atoms with Gasteiger partial charge in [0.25, 0.3) is 0 Å². The molecule has 0 spiro atoms. The molecule has 1 aliphatic heterocycles. The van der Waals surface area contributed by atoms with E-state index >= 15 is 0 Å². The second-order valence-electron chi connectivity index (χ2n) is 5.60. The van der Waals surface area contributed by atoms with Crippen molar-refractivity contribution in [3.63, 3.8) is 0 Å². The first-order chi connectivity index (χ1) is 7.36. The third-order valence-corrected chi connectivity index (χ3v) is 3.33. The number of rotatable bonds is 2. The van der Waals surface area contributed by atoms with Gasteiger partial charge in [0.05, 0.1) is 6.04 Å². The van der Waals surface area contributed by atoms with Crippen LogP contribution in [0.2, 0.25) is 0 Å². The molecule has 4 heteroatoms. The minimum absolute atomic E-state index is 0.100. The maximum Gasteiger partial charge on any atom is 0.240 e. The van der Waals surface area contributed by atoms with Crippen molar-refractivity contribution in [1.82, 2.24) is 9.80 Å². The largest absolute Gasteiger partial charge is 0.339 e. The molecule has 1 atom stereocenters. The van der Waals surface area contributed by atoms with Crippen LogP contribution < -0.4 is 5.73 Å². The van der Waals surface area contributed by atoms with Crippen LogP contribution in [0.15, 0.2) is 0 Å². The van der Waals surface area contributed by atoms with E-state index in [2.05, 4.69) is 11.8 Å². The Hall–Kier alpha value is -0.610. The van der Waals surface area contributed by atoms with E-state index in [1.54, 1.807) is 0 Å². The highest BCUT2D eigenvalue weighted by Gasteiger charge is 2.32. The van der Waals surface area contributed by atoms with Crippen molar-refractivity contribution in [2.75, 3.05) is 32.7 Å². The number of hydrogen-bond donors (Lipinski definition) is 1. The second kappa shape index (κ2) is 5.15. The molecule has 2 N–H and O–H groups in total. The number of nitrogens with two attached hydrogens (primary N) is 1. The van der Waals surface area contributed by atoms with Crippen LogP contribution in [0.4, 0.5) is 0 Å². The summed E-state index contributed by atoms with van der Waals surface area (Å²) < 4.78 is 0. The molecule has 1 aliphatic rings. The zero-order valence-electron chi connectivity index (χ0n) is 11.0. The molecule has 1 fully saturated rings. The van der Waals surface area contributed by atoms with E-state index in [0.29, 0.717) is 0 Å². The molecule has 1 saturated heterocycles. The Labute approximate surface area is 98.8 Å². The summed E-state index contributed by atoms with van der Waals surface area (Å²) in [6.07, 6.45) is 0. The summed E-state index contributed by atoms with van der Waals surface area (Å²) in [6.45, 7) is 12.8.